The van der Waals surface area contributed by atoms with Crippen molar-refractivity contribution in [2.75, 3.05) is 24.8 Å². The van der Waals surface area contributed by atoms with Crippen LogP contribution in [0.4, 0.5) is 0 Å². The molecule has 0 aromatic heterocycles. The number of alkyl halides is 2. The van der Waals surface area contributed by atoms with E-state index in [4.69, 9.17) is 34.7 Å². The summed E-state index contributed by atoms with van der Waals surface area (Å²) in [5.74, 6) is -0.887. The first-order chi connectivity index (χ1) is 7.02. The Kier molecular flexibility index (Phi) is 6.90. The first kappa shape index (κ1) is 14.1. The van der Waals surface area contributed by atoms with Crippen LogP contribution in [0.3, 0.4) is 0 Å². The molecule has 0 radical (unpaired) electrons. The number of nitrogens with two attached hydrogens (primary N) is 2. The van der Waals surface area contributed by atoms with Gasteiger partial charge in [0.05, 0.1) is 0 Å². The summed E-state index contributed by atoms with van der Waals surface area (Å²) in [5, 5.41) is 0. The zero-order valence-corrected chi connectivity index (χ0v) is 9.59. The van der Waals surface area contributed by atoms with Crippen LogP contribution in [0.25, 0.3) is 0 Å². The average Bonchev–Trinajstić information content (AvgIpc) is 2.13. The molecule has 7 heteroatoms. The van der Waals surface area contributed by atoms with E-state index in [1.165, 1.54) is 4.90 Å². The maximum atomic E-state index is 11.0. The molecule has 0 aliphatic heterocycles. The largest absolute Gasteiger partial charge is 0.366 e. The normalized spacial score (nSPS) is 11.2. The molecule has 86 valence electrons. The van der Waals surface area contributed by atoms with Crippen LogP contribution in [0.15, 0.2) is 11.8 Å². The van der Waals surface area contributed by atoms with Crippen LogP contribution in [0.5, 0.6) is 0 Å². The summed E-state index contributed by atoms with van der Waals surface area (Å²) < 4.78 is 0. The van der Waals surface area contributed by atoms with E-state index in [1.807, 2.05) is 0 Å². The Bertz CT molecular complexity index is 263. The molecule has 0 spiro atoms. The minimum Gasteiger partial charge on any atom is -0.366 e. The molecule has 0 heterocycles. The lowest BCUT2D eigenvalue weighted by molar-refractivity contribution is -0.117. The first-order valence-electron chi connectivity index (χ1n) is 4.20. The highest BCUT2D eigenvalue weighted by atomic mass is 35.5. The number of hydrogen-bond acceptors (Lipinski definition) is 3. The molecule has 0 aromatic rings. The number of primary amides is 2. The van der Waals surface area contributed by atoms with E-state index >= 15 is 0 Å². The quantitative estimate of drug-likeness (QED) is 0.479. The summed E-state index contributed by atoms with van der Waals surface area (Å²) >= 11 is 11.1. The van der Waals surface area contributed by atoms with Crippen molar-refractivity contribution < 1.29 is 9.59 Å². The lowest BCUT2D eigenvalue weighted by atomic mass is 10.3. The molecule has 4 N–H and O–H groups in total. The Morgan fingerprint density at radius 2 is 1.60 bits per heavy atom. The summed E-state index contributed by atoms with van der Waals surface area (Å²) in [5.41, 5.74) is 10.1. The molecule has 2 amide bonds. The molecule has 0 aliphatic carbocycles. The Morgan fingerprint density at radius 3 is 1.87 bits per heavy atom. The second-order valence-corrected chi connectivity index (χ2v) is 3.42. The van der Waals surface area contributed by atoms with Gasteiger partial charge in [0.1, 0.15) is 5.70 Å². The highest BCUT2D eigenvalue weighted by Gasteiger charge is 2.14. The minimum atomic E-state index is -0.738. The summed E-state index contributed by atoms with van der Waals surface area (Å²) in [6, 6.07) is 0. The van der Waals surface area contributed by atoms with E-state index in [2.05, 4.69) is 0 Å². The molecule has 0 unspecified atom stereocenters. The van der Waals surface area contributed by atoms with Crippen molar-refractivity contribution in [2.24, 2.45) is 11.5 Å². The molecule has 0 bridgehead atoms. The van der Waals surface area contributed by atoms with Crippen molar-refractivity contribution in [3.63, 3.8) is 0 Å². The van der Waals surface area contributed by atoms with Gasteiger partial charge >= 0.3 is 0 Å². The molecule has 0 atom stereocenters. The maximum Gasteiger partial charge on any atom is 0.265 e. The number of halogens is 2. The van der Waals surface area contributed by atoms with Gasteiger partial charge in [-0.25, -0.2) is 0 Å². The topological polar surface area (TPSA) is 89.4 Å². The van der Waals surface area contributed by atoms with Crippen LogP contribution < -0.4 is 11.5 Å². The average molecular weight is 254 g/mol. The van der Waals surface area contributed by atoms with E-state index in [1.54, 1.807) is 0 Å². The van der Waals surface area contributed by atoms with Gasteiger partial charge in [-0.05, 0) is 0 Å². The number of carbonyl (C=O) groups excluding carboxylic acids is 2. The fourth-order valence-corrected chi connectivity index (χ4v) is 1.42. The lowest BCUT2D eigenvalue weighted by Gasteiger charge is -2.23. The zero-order chi connectivity index (χ0) is 11.8. The third-order valence-corrected chi connectivity index (χ3v) is 1.92. The van der Waals surface area contributed by atoms with Gasteiger partial charge in [-0.15, -0.1) is 23.2 Å². The number of amides is 2. The monoisotopic (exact) mass is 253 g/mol. The number of carbonyl (C=O) groups is 2. The van der Waals surface area contributed by atoms with Gasteiger partial charge in [0.15, 0.2) is 0 Å². The molecule has 0 saturated carbocycles. The van der Waals surface area contributed by atoms with E-state index in [-0.39, 0.29) is 5.70 Å². The summed E-state index contributed by atoms with van der Waals surface area (Å²) in [4.78, 5) is 23.2. The van der Waals surface area contributed by atoms with E-state index in [9.17, 15) is 9.59 Å². The number of nitrogens with zero attached hydrogens (tertiary/aromatic N) is 1. The van der Waals surface area contributed by atoms with E-state index < -0.39 is 11.8 Å². The smallest absolute Gasteiger partial charge is 0.265 e. The molecule has 0 aliphatic rings. The van der Waals surface area contributed by atoms with Gasteiger partial charge in [0, 0.05) is 30.9 Å². The second-order valence-electron chi connectivity index (χ2n) is 2.66. The van der Waals surface area contributed by atoms with Crippen molar-refractivity contribution in [2.45, 2.75) is 0 Å². The van der Waals surface area contributed by atoms with Gasteiger partial charge < -0.3 is 16.4 Å². The van der Waals surface area contributed by atoms with Crippen LogP contribution in [-0.4, -0.2) is 41.6 Å². The molecule has 0 rings (SSSR count). The van der Waals surface area contributed by atoms with Crippen molar-refractivity contribution in [3.05, 3.63) is 11.8 Å². The summed E-state index contributed by atoms with van der Waals surface area (Å²) in [7, 11) is 0. The molecule has 15 heavy (non-hydrogen) atoms. The van der Waals surface area contributed by atoms with Crippen LogP contribution in [0, 0.1) is 0 Å². The Balaban J connectivity index is 4.82. The number of rotatable bonds is 7. The Hall–Kier alpha value is -0.940. The number of hydrogen-bond donors (Lipinski definition) is 2. The van der Waals surface area contributed by atoms with Crippen molar-refractivity contribution >= 4 is 35.0 Å². The van der Waals surface area contributed by atoms with Crippen molar-refractivity contribution in [3.8, 4) is 0 Å². The van der Waals surface area contributed by atoms with Crippen molar-refractivity contribution in [1.82, 2.24) is 4.90 Å². The van der Waals surface area contributed by atoms with Gasteiger partial charge in [-0.2, -0.15) is 0 Å². The SMILES string of the molecule is NC(=O)C=C(C(N)=O)N(CCCl)CCCl. The minimum absolute atomic E-state index is 0.0313. The van der Waals surface area contributed by atoms with Crippen LogP contribution in [0.1, 0.15) is 0 Å². The first-order valence-corrected chi connectivity index (χ1v) is 5.27. The van der Waals surface area contributed by atoms with E-state index in [0.29, 0.717) is 24.8 Å². The van der Waals surface area contributed by atoms with Crippen molar-refractivity contribution in [1.29, 1.82) is 0 Å². The standard InChI is InChI=1S/C8H13Cl2N3O2/c9-1-3-13(4-2-10)6(8(12)15)5-7(11)14/h5H,1-4H2,(H2,11,14)(H2,12,15). The molecule has 0 aromatic carbocycles. The molecular formula is C8H13Cl2N3O2. The third kappa shape index (κ3) is 5.49. The van der Waals surface area contributed by atoms with Crippen LogP contribution >= 0.6 is 23.2 Å². The van der Waals surface area contributed by atoms with Gasteiger partial charge in [-0.3, -0.25) is 9.59 Å². The zero-order valence-electron chi connectivity index (χ0n) is 8.08. The summed E-state index contributed by atoms with van der Waals surface area (Å²) in [6.07, 6.45) is 0.974. The molecule has 0 fully saturated rings. The molecule has 0 saturated heterocycles. The lowest BCUT2D eigenvalue weighted by Crippen LogP contribution is -2.35. The Morgan fingerprint density at radius 1 is 1.13 bits per heavy atom. The predicted molar refractivity (Wildman–Crippen MR) is 59.5 cm³/mol. The van der Waals surface area contributed by atoms with Crippen LogP contribution in [0.2, 0.25) is 0 Å². The maximum absolute atomic E-state index is 11.0. The van der Waals surface area contributed by atoms with Crippen LogP contribution in [-0.2, 0) is 9.59 Å². The molecule has 5 nitrogen and oxygen atoms in total. The highest BCUT2D eigenvalue weighted by Crippen LogP contribution is 2.04. The fraction of sp³-hybridized carbons (Fsp3) is 0.500. The third-order valence-electron chi connectivity index (χ3n) is 1.58. The van der Waals surface area contributed by atoms with Gasteiger partial charge in [0.2, 0.25) is 5.91 Å². The fourth-order valence-electron chi connectivity index (χ4n) is 1.01. The molecular weight excluding hydrogens is 241 g/mol. The predicted octanol–water partition coefficient (Wildman–Crippen LogP) is -0.380. The van der Waals surface area contributed by atoms with E-state index in [0.717, 1.165) is 6.08 Å². The summed E-state index contributed by atoms with van der Waals surface area (Å²) in [6.45, 7) is 0.743. The van der Waals surface area contributed by atoms with Gasteiger partial charge in [0.25, 0.3) is 5.91 Å². The Labute approximate surface area is 98.0 Å². The highest BCUT2D eigenvalue weighted by molar-refractivity contribution is 6.18. The van der Waals surface area contributed by atoms with Gasteiger partial charge in [-0.1, -0.05) is 0 Å². The second kappa shape index (κ2) is 7.36.